The van der Waals surface area contributed by atoms with Crippen molar-refractivity contribution < 1.29 is 9.53 Å². The first kappa shape index (κ1) is 16.9. The highest BCUT2D eigenvalue weighted by atomic mass is 79.9. The molecule has 0 spiro atoms. The van der Waals surface area contributed by atoms with Crippen molar-refractivity contribution in [3.05, 3.63) is 34.3 Å². The SMILES string of the molecule is O=C(NCC1(N2CCOCC2)CCCCC1)c1cccc(Br)c1. The van der Waals surface area contributed by atoms with Crippen LogP contribution >= 0.6 is 15.9 Å². The Hall–Kier alpha value is -0.910. The quantitative estimate of drug-likeness (QED) is 0.871. The third-order valence-corrected chi connectivity index (χ3v) is 5.62. The zero-order chi connectivity index (χ0) is 16.1. The van der Waals surface area contributed by atoms with Gasteiger partial charge < -0.3 is 10.1 Å². The van der Waals surface area contributed by atoms with Gasteiger partial charge in [-0.3, -0.25) is 9.69 Å². The summed E-state index contributed by atoms with van der Waals surface area (Å²) in [6, 6.07) is 7.57. The molecule has 0 radical (unpaired) electrons. The fourth-order valence-corrected chi connectivity index (χ4v) is 4.23. The minimum Gasteiger partial charge on any atom is -0.379 e. The Morgan fingerprint density at radius 1 is 1.22 bits per heavy atom. The third-order valence-electron chi connectivity index (χ3n) is 5.13. The van der Waals surface area contributed by atoms with Crippen molar-refractivity contribution in [3.63, 3.8) is 0 Å². The highest BCUT2D eigenvalue weighted by Gasteiger charge is 2.38. The molecule has 5 heteroatoms. The molecule has 1 saturated carbocycles. The zero-order valence-electron chi connectivity index (χ0n) is 13.5. The van der Waals surface area contributed by atoms with E-state index < -0.39 is 0 Å². The molecule has 2 aliphatic rings. The molecule has 2 fully saturated rings. The second-order valence-electron chi connectivity index (χ2n) is 6.58. The molecule has 3 rings (SSSR count). The van der Waals surface area contributed by atoms with Crippen molar-refractivity contribution >= 4 is 21.8 Å². The maximum Gasteiger partial charge on any atom is 0.251 e. The van der Waals surface area contributed by atoms with Gasteiger partial charge >= 0.3 is 0 Å². The van der Waals surface area contributed by atoms with Gasteiger partial charge in [-0.1, -0.05) is 41.3 Å². The summed E-state index contributed by atoms with van der Waals surface area (Å²) >= 11 is 3.43. The summed E-state index contributed by atoms with van der Waals surface area (Å²) in [6.45, 7) is 4.31. The number of benzene rings is 1. The van der Waals surface area contributed by atoms with Gasteiger partial charge in [0.05, 0.1) is 13.2 Å². The summed E-state index contributed by atoms with van der Waals surface area (Å²) < 4.78 is 6.45. The van der Waals surface area contributed by atoms with Crippen LogP contribution in [0.15, 0.2) is 28.7 Å². The first-order chi connectivity index (χ1) is 11.2. The summed E-state index contributed by atoms with van der Waals surface area (Å²) in [5, 5.41) is 3.19. The van der Waals surface area contributed by atoms with E-state index in [2.05, 4.69) is 26.1 Å². The fourth-order valence-electron chi connectivity index (χ4n) is 3.83. The van der Waals surface area contributed by atoms with Gasteiger partial charge in [-0.05, 0) is 31.0 Å². The number of ether oxygens (including phenoxy) is 1. The van der Waals surface area contributed by atoms with Crippen LogP contribution < -0.4 is 5.32 Å². The molecule has 1 aromatic carbocycles. The van der Waals surface area contributed by atoms with Crippen LogP contribution in [0.25, 0.3) is 0 Å². The zero-order valence-corrected chi connectivity index (χ0v) is 15.1. The van der Waals surface area contributed by atoms with Gasteiger partial charge in [0.15, 0.2) is 0 Å². The minimum absolute atomic E-state index is 0.0181. The first-order valence-electron chi connectivity index (χ1n) is 8.56. The van der Waals surface area contributed by atoms with Gasteiger partial charge in [-0.2, -0.15) is 0 Å². The second kappa shape index (κ2) is 7.77. The Balaban J connectivity index is 1.67. The molecule has 0 atom stereocenters. The summed E-state index contributed by atoms with van der Waals surface area (Å²) in [5.74, 6) is 0.0181. The van der Waals surface area contributed by atoms with Crippen LogP contribution in [0.5, 0.6) is 0 Å². The molecular formula is C18H25BrN2O2. The van der Waals surface area contributed by atoms with E-state index in [1.807, 2.05) is 24.3 Å². The standard InChI is InChI=1S/C18H25BrN2O2/c19-16-6-4-5-15(13-16)17(22)20-14-18(7-2-1-3-8-18)21-9-11-23-12-10-21/h4-6,13H,1-3,7-12,14H2,(H,20,22). The van der Waals surface area contributed by atoms with Crippen molar-refractivity contribution in [1.82, 2.24) is 10.2 Å². The molecule has 0 bridgehead atoms. The van der Waals surface area contributed by atoms with Crippen LogP contribution in [0, 0.1) is 0 Å². The van der Waals surface area contributed by atoms with E-state index in [1.54, 1.807) is 0 Å². The second-order valence-corrected chi connectivity index (χ2v) is 7.49. The summed E-state index contributed by atoms with van der Waals surface area (Å²) in [6.07, 6.45) is 6.16. The first-order valence-corrected chi connectivity index (χ1v) is 9.36. The highest BCUT2D eigenvalue weighted by molar-refractivity contribution is 9.10. The van der Waals surface area contributed by atoms with Gasteiger partial charge in [0.2, 0.25) is 0 Å². The minimum atomic E-state index is 0.0181. The fraction of sp³-hybridized carbons (Fsp3) is 0.611. The topological polar surface area (TPSA) is 41.6 Å². The Bertz CT molecular complexity index is 538. The normalized spacial score (nSPS) is 21.8. The number of halogens is 1. The maximum absolute atomic E-state index is 12.5. The number of morpholine rings is 1. The Morgan fingerprint density at radius 2 is 1.96 bits per heavy atom. The smallest absolute Gasteiger partial charge is 0.251 e. The number of nitrogens with one attached hydrogen (secondary N) is 1. The lowest BCUT2D eigenvalue weighted by atomic mass is 9.79. The largest absolute Gasteiger partial charge is 0.379 e. The van der Waals surface area contributed by atoms with Crippen LogP contribution in [0.2, 0.25) is 0 Å². The average molecular weight is 381 g/mol. The van der Waals surface area contributed by atoms with E-state index >= 15 is 0 Å². The Labute approximate surface area is 146 Å². The third kappa shape index (κ3) is 4.14. The molecule has 1 aromatic rings. The number of hydrogen-bond acceptors (Lipinski definition) is 3. The lowest BCUT2D eigenvalue weighted by molar-refractivity contribution is -0.0361. The van der Waals surface area contributed by atoms with Crippen molar-refractivity contribution in [3.8, 4) is 0 Å². The van der Waals surface area contributed by atoms with E-state index in [0.29, 0.717) is 5.56 Å². The van der Waals surface area contributed by atoms with Gasteiger partial charge in [-0.15, -0.1) is 0 Å². The van der Waals surface area contributed by atoms with Crippen LogP contribution in [-0.4, -0.2) is 49.2 Å². The van der Waals surface area contributed by atoms with Crippen LogP contribution in [0.4, 0.5) is 0 Å². The molecule has 0 aromatic heterocycles. The highest BCUT2D eigenvalue weighted by Crippen LogP contribution is 2.34. The van der Waals surface area contributed by atoms with Crippen molar-refractivity contribution in [2.24, 2.45) is 0 Å². The molecular weight excluding hydrogens is 356 g/mol. The summed E-state index contributed by atoms with van der Waals surface area (Å²) in [5.41, 5.74) is 0.830. The van der Waals surface area contributed by atoms with Crippen molar-refractivity contribution in [2.45, 2.75) is 37.6 Å². The number of nitrogens with zero attached hydrogens (tertiary/aromatic N) is 1. The van der Waals surface area contributed by atoms with E-state index in [0.717, 1.165) is 37.3 Å². The number of carbonyl (C=O) groups is 1. The van der Waals surface area contributed by atoms with E-state index in [-0.39, 0.29) is 11.4 Å². The van der Waals surface area contributed by atoms with E-state index in [9.17, 15) is 4.79 Å². The lowest BCUT2D eigenvalue weighted by Gasteiger charge is -2.48. The summed E-state index contributed by atoms with van der Waals surface area (Å²) in [7, 11) is 0. The predicted octanol–water partition coefficient (Wildman–Crippen LogP) is 3.21. The predicted molar refractivity (Wildman–Crippen MR) is 94.7 cm³/mol. The number of hydrogen-bond donors (Lipinski definition) is 1. The number of carbonyl (C=O) groups excluding carboxylic acids is 1. The molecule has 0 unspecified atom stereocenters. The van der Waals surface area contributed by atoms with Crippen molar-refractivity contribution in [2.75, 3.05) is 32.8 Å². The molecule has 1 heterocycles. The average Bonchev–Trinajstić information content (AvgIpc) is 2.61. The molecule has 1 N–H and O–H groups in total. The van der Waals surface area contributed by atoms with Crippen LogP contribution in [0.1, 0.15) is 42.5 Å². The maximum atomic E-state index is 12.5. The molecule has 1 amide bonds. The molecule has 1 aliphatic heterocycles. The van der Waals surface area contributed by atoms with Crippen LogP contribution in [-0.2, 0) is 4.74 Å². The van der Waals surface area contributed by atoms with E-state index in [1.165, 1.54) is 32.1 Å². The monoisotopic (exact) mass is 380 g/mol. The summed E-state index contributed by atoms with van der Waals surface area (Å²) in [4.78, 5) is 15.0. The van der Waals surface area contributed by atoms with Gasteiger partial charge in [0.25, 0.3) is 5.91 Å². The van der Waals surface area contributed by atoms with Crippen molar-refractivity contribution in [1.29, 1.82) is 0 Å². The van der Waals surface area contributed by atoms with Crippen LogP contribution in [0.3, 0.4) is 0 Å². The number of amides is 1. The molecule has 23 heavy (non-hydrogen) atoms. The van der Waals surface area contributed by atoms with Gasteiger partial charge in [-0.25, -0.2) is 0 Å². The van der Waals surface area contributed by atoms with E-state index in [4.69, 9.17) is 4.74 Å². The lowest BCUT2D eigenvalue weighted by Crippen LogP contribution is -2.59. The Kier molecular flexibility index (Phi) is 5.72. The Morgan fingerprint density at radius 3 is 2.65 bits per heavy atom. The van der Waals surface area contributed by atoms with Gasteiger partial charge in [0, 0.05) is 35.2 Å². The molecule has 4 nitrogen and oxygen atoms in total. The number of rotatable bonds is 4. The molecule has 1 aliphatic carbocycles. The van der Waals surface area contributed by atoms with Gasteiger partial charge in [0.1, 0.15) is 0 Å². The molecule has 126 valence electrons. The molecule has 1 saturated heterocycles.